The van der Waals surface area contributed by atoms with E-state index in [1.807, 2.05) is 0 Å². The summed E-state index contributed by atoms with van der Waals surface area (Å²) in [5.41, 5.74) is 0.730. The van der Waals surface area contributed by atoms with Gasteiger partial charge in [0.05, 0.1) is 5.60 Å². The van der Waals surface area contributed by atoms with Gasteiger partial charge in [-0.15, -0.1) is 0 Å². The van der Waals surface area contributed by atoms with Gasteiger partial charge in [-0.05, 0) is 29.6 Å². The zero-order valence-corrected chi connectivity index (χ0v) is 11.9. The Morgan fingerprint density at radius 2 is 1.75 bits per heavy atom. The van der Waals surface area contributed by atoms with E-state index in [0.717, 1.165) is 5.92 Å². The summed E-state index contributed by atoms with van der Waals surface area (Å²) in [6.07, 6.45) is 2.40. The van der Waals surface area contributed by atoms with E-state index in [2.05, 4.69) is 53.7 Å². The molecule has 2 aliphatic rings. The first-order chi connectivity index (χ1) is 7.10. The molecule has 3 atom stereocenters. The van der Waals surface area contributed by atoms with Crippen molar-refractivity contribution in [2.45, 2.75) is 66.0 Å². The molecular weight excluding hydrogens is 198 g/mol. The van der Waals surface area contributed by atoms with Crippen molar-refractivity contribution in [2.24, 2.45) is 16.7 Å². The van der Waals surface area contributed by atoms with Crippen LogP contribution < -0.4 is 0 Å². The van der Waals surface area contributed by atoms with Crippen molar-refractivity contribution in [1.29, 1.82) is 0 Å². The van der Waals surface area contributed by atoms with Crippen LogP contribution in [0.15, 0.2) is 0 Å². The first kappa shape index (κ1) is 12.4. The maximum Gasteiger partial charge on any atom is 0.0971 e. The molecule has 1 spiro atoms. The van der Waals surface area contributed by atoms with Crippen LogP contribution >= 0.6 is 0 Å². The summed E-state index contributed by atoms with van der Waals surface area (Å²) >= 11 is 0. The van der Waals surface area contributed by atoms with Crippen LogP contribution in [0.25, 0.3) is 0 Å². The lowest BCUT2D eigenvalue weighted by atomic mass is 9.50. The Morgan fingerprint density at radius 1 is 1.19 bits per heavy atom. The van der Waals surface area contributed by atoms with Crippen molar-refractivity contribution in [2.75, 3.05) is 7.05 Å². The van der Waals surface area contributed by atoms with Gasteiger partial charge >= 0.3 is 0 Å². The SMILES string of the molecule is CC1CC2(CC(C(C)(C)C)N(C)O2)C1(C)C. The van der Waals surface area contributed by atoms with Gasteiger partial charge in [0, 0.05) is 13.1 Å². The highest BCUT2D eigenvalue weighted by atomic mass is 16.7. The Balaban J connectivity index is 2.19. The first-order valence-electron chi connectivity index (χ1n) is 6.52. The van der Waals surface area contributed by atoms with E-state index in [4.69, 9.17) is 4.84 Å². The highest BCUT2D eigenvalue weighted by Crippen LogP contribution is 2.62. The Labute approximate surface area is 100 Å². The monoisotopic (exact) mass is 225 g/mol. The van der Waals surface area contributed by atoms with E-state index in [9.17, 15) is 0 Å². The molecule has 0 amide bonds. The molecule has 0 aromatic rings. The Morgan fingerprint density at radius 3 is 2.06 bits per heavy atom. The zero-order valence-electron chi connectivity index (χ0n) is 11.9. The summed E-state index contributed by atoms with van der Waals surface area (Å²) in [5, 5.41) is 2.12. The average molecular weight is 225 g/mol. The molecule has 3 unspecified atom stereocenters. The number of rotatable bonds is 0. The van der Waals surface area contributed by atoms with Gasteiger partial charge < -0.3 is 0 Å². The van der Waals surface area contributed by atoms with E-state index >= 15 is 0 Å². The molecule has 1 aliphatic carbocycles. The van der Waals surface area contributed by atoms with Crippen LogP contribution in [0.1, 0.15) is 54.4 Å². The van der Waals surface area contributed by atoms with Crippen molar-refractivity contribution in [1.82, 2.24) is 5.06 Å². The smallest absolute Gasteiger partial charge is 0.0971 e. The molecule has 16 heavy (non-hydrogen) atoms. The van der Waals surface area contributed by atoms with Crippen molar-refractivity contribution in [3.8, 4) is 0 Å². The van der Waals surface area contributed by atoms with Gasteiger partial charge in [-0.1, -0.05) is 41.5 Å². The van der Waals surface area contributed by atoms with E-state index in [1.54, 1.807) is 0 Å². The highest BCUT2D eigenvalue weighted by Gasteiger charge is 2.64. The van der Waals surface area contributed by atoms with Gasteiger partial charge in [-0.25, -0.2) is 0 Å². The Hall–Kier alpha value is -0.0800. The fourth-order valence-corrected chi connectivity index (χ4v) is 3.50. The lowest BCUT2D eigenvalue weighted by Gasteiger charge is -2.58. The summed E-state index contributed by atoms with van der Waals surface area (Å²) in [6.45, 7) is 14.0. The van der Waals surface area contributed by atoms with Crippen LogP contribution in [0, 0.1) is 16.7 Å². The third-order valence-corrected chi connectivity index (χ3v) is 5.32. The molecule has 0 bridgehead atoms. The summed E-state index contributed by atoms with van der Waals surface area (Å²) in [7, 11) is 2.10. The third-order valence-electron chi connectivity index (χ3n) is 5.32. The minimum Gasteiger partial charge on any atom is -0.292 e. The zero-order chi connectivity index (χ0) is 12.4. The van der Waals surface area contributed by atoms with Crippen molar-refractivity contribution in [3.05, 3.63) is 0 Å². The quantitative estimate of drug-likeness (QED) is 0.626. The molecule has 0 aromatic carbocycles. The molecule has 0 N–H and O–H groups in total. The third kappa shape index (κ3) is 1.46. The summed E-state index contributed by atoms with van der Waals surface area (Å²) in [5.74, 6) is 0.777. The molecule has 2 fully saturated rings. The van der Waals surface area contributed by atoms with Crippen molar-refractivity contribution in [3.63, 3.8) is 0 Å². The molecule has 2 heteroatoms. The standard InChI is InChI=1S/C14H27NO/c1-10-8-14(13(10,5)6)9-11(12(2,3)4)15(7)16-14/h10-11H,8-9H2,1-7H3. The minimum atomic E-state index is 0.110. The predicted molar refractivity (Wildman–Crippen MR) is 67.0 cm³/mol. The van der Waals surface area contributed by atoms with E-state index < -0.39 is 0 Å². The number of hydrogen-bond donors (Lipinski definition) is 0. The molecule has 94 valence electrons. The molecule has 1 heterocycles. The predicted octanol–water partition coefficient (Wildman–Crippen LogP) is 3.47. The second-order valence-corrected chi connectivity index (χ2v) is 7.54. The molecular formula is C14H27NO. The maximum absolute atomic E-state index is 6.24. The van der Waals surface area contributed by atoms with Crippen LogP contribution in [0.4, 0.5) is 0 Å². The lowest BCUT2D eigenvalue weighted by molar-refractivity contribution is -0.287. The van der Waals surface area contributed by atoms with Gasteiger partial charge in [-0.2, -0.15) is 5.06 Å². The Kier molecular flexibility index (Phi) is 2.50. The highest BCUT2D eigenvalue weighted by molar-refractivity contribution is 5.12. The molecule has 1 aliphatic heterocycles. The Bertz CT molecular complexity index is 292. The second kappa shape index (κ2) is 3.23. The summed E-state index contributed by atoms with van der Waals surface area (Å²) < 4.78 is 0. The van der Waals surface area contributed by atoms with Crippen molar-refractivity contribution < 1.29 is 4.84 Å². The van der Waals surface area contributed by atoms with E-state index in [1.165, 1.54) is 12.8 Å². The molecule has 1 saturated carbocycles. The normalized spacial score (nSPS) is 43.7. The van der Waals surface area contributed by atoms with Gasteiger partial charge in [0.15, 0.2) is 0 Å². The fourth-order valence-electron chi connectivity index (χ4n) is 3.50. The second-order valence-electron chi connectivity index (χ2n) is 7.54. The lowest BCUT2D eigenvalue weighted by Crippen LogP contribution is -2.59. The summed E-state index contributed by atoms with van der Waals surface area (Å²) in [6, 6.07) is 0.541. The average Bonchev–Trinajstić information content (AvgIpc) is 2.45. The van der Waals surface area contributed by atoms with Crippen LogP contribution in [0.2, 0.25) is 0 Å². The van der Waals surface area contributed by atoms with Gasteiger partial charge in [0.1, 0.15) is 0 Å². The van der Waals surface area contributed by atoms with Gasteiger partial charge in [0.25, 0.3) is 0 Å². The molecule has 1 saturated heterocycles. The van der Waals surface area contributed by atoms with Crippen LogP contribution in [-0.4, -0.2) is 23.8 Å². The molecule has 2 rings (SSSR count). The van der Waals surface area contributed by atoms with Gasteiger partial charge in [0.2, 0.25) is 0 Å². The van der Waals surface area contributed by atoms with Crippen LogP contribution in [0.3, 0.4) is 0 Å². The fraction of sp³-hybridized carbons (Fsp3) is 1.00. The number of nitrogens with zero attached hydrogens (tertiary/aromatic N) is 1. The molecule has 2 nitrogen and oxygen atoms in total. The van der Waals surface area contributed by atoms with Crippen LogP contribution in [-0.2, 0) is 4.84 Å². The van der Waals surface area contributed by atoms with Crippen LogP contribution in [0.5, 0.6) is 0 Å². The maximum atomic E-state index is 6.24. The largest absolute Gasteiger partial charge is 0.292 e. The number of hydroxylamine groups is 2. The van der Waals surface area contributed by atoms with Gasteiger partial charge in [-0.3, -0.25) is 4.84 Å². The van der Waals surface area contributed by atoms with Crippen molar-refractivity contribution >= 4 is 0 Å². The van der Waals surface area contributed by atoms with E-state index in [0.29, 0.717) is 16.9 Å². The first-order valence-corrected chi connectivity index (χ1v) is 6.52. The molecule has 0 aromatic heterocycles. The minimum absolute atomic E-state index is 0.110. The molecule has 0 radical (unpaired) electrons. The number of hydrogen-bond acceptors (Lipinski definition) is 2. The van der Waals surface area contributed by atoms with E-state index in [-0.39, 0.29) is 5.60 Å². The topological polar surface area (TPSA) is 12.5 Å². The summed E-state index contributed by atoms with van der Waals surface area (Å²) in [4.78, 5) is 6.24.